The Morgan fingerprint density at radius 1 is 0.965 bits per heavy atom. The number of hydrogen-bond donors (Lipinski definition) is 1. The lowest BCUT2D eigenvalue weighted by molar-refractivity contribution is -0.172. The fourth-order valence-corrected chi connectivity index (χ4v) is 8.80. The molecule has 1 atom stereocenters. The summed E-state index contributed by atoms with van der Waals surface area (Å²) in [5.74, 6) is -0.221. The van der Waals surface area contributed by atoms with Crippen molar-refractivity contribution >= 4 is 52.7 Å². The van der Waals surface area contributed by atoms with Gasteiger partial charge in [-0.25, -0.2) is 19.6 Å². The number of rotatable bonds is 5. The standard InChI is InChI=1S/C33H38N4O6.C10H10N2O.ClH/c1-3-22-23-16-21(43-32(40)36-14-10-20(11-15-36)35-12-6-5-7-13-35)8-9-27(23)34-29-24(22)18-37-28(29)17-26-25(30(37)38)19-42-31(39)33(26,41)4-2;1-8-7-10(13)12(11-8)9-5-3-2-4-6-9;/h8-9,16-17,20,41H,3-7,10-15,18-19H2,1-2H3;2-6H,7H2,1H3;1H/t33-;;/m0../s1. The van der Waals surface area contributed by atoms with Crippen molar-refractivity contribution in [1.29, 1.82) is 0 Å². The average Bonchev–Trinajstić information content (AvgIpc) is 3.77. The number of para-hydroxylation sites is 1. The monoisotopic (exact) mass is 796 g/mol. The van der Waals surface area contributed by atoms with Gasteiger partial charge in [-0.3, -0.25) is 9.59 Å². The van der Waals surface area contributed by atoms with E-state index in [2.05, 4.69) is 16.9 Å². The van der Waals surface area contributed by atoms with E-state index in [-0.39, 0.29) is 43.0 Å². The molecule has 57 heavy (non-hydrogen) atoms. The number of amides is 2. The Hall–Kier alpha value is -5.11. The lowest BCUT2D eigenvalue weighted by Gasteiger charge is -2.39. The Morgan fingerprint density at radius 2 is 1.70 bits per heavy atom. The van der Waals surface area contributed by atoms with Gasteiger partial charge in [-0.05, 0) is 100 Å². The van der Waals surface area contributed by atoms with E-state index >= 15 is 0 Å². The molecule has 1 N–H and O–H groups in total. The molecule has 0 aliphatic carbocycles. The Balaban J connectivity index is 0.000000301. The van der Waals surface area contributed by atoms with Crippen molar-refractivity contribution in [1.82, 2.24) is 19.4 Å². The molecule has 5 aliphatic rings. The van der Waals surface area contributed by atoms with E-state index in [1.807, 2.05) is 54.3 Å². The van der Waals surface area contributed by atoms with Gasteiger partial charge in [-0.15, -0.1) is 12.4 Å². The van der Waals surface area contributed by atoms with Gasteiger partial charge in [0, 0.05) is 41.4 Å². The molecule has 5 aliphatic heterocycles. The molecule has 0 bridgehead atoms. The molecule has 2 amide bonds. The predicted molar refractivity (Wildman–Crippen MR) is 219 cm³/mol. The van der Waals surface area contributed by atoms with Crippen molar-refractivity contribution in [2.45, 2.75) is 96.9 Å². The fraction of sp³-hybridized carbons (Fsp3) is 0.442. The first-order valence-electron chi connectivity index (χ1n) is 19.8. The number of aryl methyl sites for hydroxylation is 1. The molecular weight excluding hydrogens is 748 g/mol. The van der Waals surface area contributed by atoms with Gasteiger partial charge in [-0.1, -0.05) is 38.5 Å². The van der Waals surface area contributed by atoms with Gasteiger partial charge in [0.25, 0.3) is 11.5 Å². The lowest BCUT2D eigenvalue weighted by Crippen LogP contribution is -2.48. The van der Waals surface area contributed by atoms with Crippen LogP contribution >= 0.6 is 12.4 Å². The summed E-state index contributed by atoms with van der Waals surface area (Å²) in [4.78, 5) is 59.9. The highest BCUT2D eigenvalue weighted by Gasteiger charge is 2.45. The van der Waals surface area contributed by atoms with Crippen LogP contribution in [0.1, 0.15) is 88.0 Å². The summed E-state index contributed by atoms with van der Waals surface area (Å²) in [6.07, 6.45) is 6.70. The van der Waals surface area contributed by atoms with Crippen molar-refractivity contribution in [2.24, 2.45) is 5.10 Å². The van der Waals surface area contributed by atoms with Crippen LogP contribution in [0, 0.1) is 0 Å². The Labute approximate surface area is 337 Å². The molecule has 300 valence electrons. The quantitative estimate of drug-likeness (QED) is 0.202. The summed E-state index contributed by atoms with van der Waals surface area (Å²) in [5, 5.41) is 17.6. The van der Waals surface area contributed by atoms with Crippen LogP contribution in [0.5, 0.6) is 5.75 Å². The summed E-state index contributed by atoms with van der Waals surface area (Å²) >= 11 is 0. The third kappa shape index (κ3) is 7.44. The van der Waals surface area contributed by atoms with Gasteiger partial charge in [0.15, 0.2) is 5.60 Å². The minimum atomic E-state index is -1.86. The summed E-state index contributed by atoms with van der Waals surface area (Å²) in [5.41, 5.74) is 4.09. The molecule has 0 unspecified atom stereocenters. The highest BCUT2D eigenvalue weighted by atomic mass is 35.5. The van der Waals surface area contributed by atoms with Crippen LogP contribution in [0.25, 0.3) is 22.3 Å². The second kappa shape index (κ2) is 16.4. The Kier molecular flexibility index (Phi) is 11.5. The molecule has 0 saturated carbocycles. The molecule has 2 fully saturated rings. The number of likely N-dealkylation sites (tertiary alicyclic amines) is 2. The van der Waals surface area contributed by atoms with Crippen molar-refractivity contribution in [3.63, 3.8) is 0 Å². The zero-order valence-corrected chi connectivity index (χ0v) is 33.5. The van der Waals surface area contributed by atoms with Crippen molar-refractivity contribution in [2.75, 3.05) is 31.2 Å². The van der Waals surface area contributed by atoms with E-state index in [0.717, 1.165) is 46.3 Å². The summed E-state index contributed by atoms with van der Waals surface area (Å²) in [6.45, 7) is 9.51. The summed E-state index contributed by atoms with van der Waals surface area (Å²) < 4.78 is 12.7. The maximum absolute atomic E-state index is 13.6. The second-order valence-electron chi connectivity index (χ2n) is 15.3. The van der Waals surface area contributed by atoms with Gasteiger partial charge < -0.3 is 28.9 Å². The first kappa shape index (κ1) is 40.1. The molecule has 7 heterocycles. The fourth-order valence-electron chi connectivity index (χ4n) is 8.80. The number of esters is 1. The summed E-state index contributed by atoms with van der Waals surface area (Å²) in [7, 11) is 0. The highest BCUT2D eigenvalue weighted by molar-refractivity contribution is 6.12. The third-order valence-electron chi connectivity index (χ3n) is 11.9. The van der Waals surface area contributed by atoms with Gasteiger partial charge in [0.05, 0.1) is 41.1 Å². The molecule has 14 heteroatoms. The SMILES string of the molecule is CC1=NN(c2ccccc2)C(=O)C1.CCc1c2c(nc3ccc(OC(=O)N4CCC(N5CCCCC5)CC4)cc13)-c1cc3c(c(=O)n1C2)COC(=O)[C@]3(O)CC.Cl. The average molecular weight is 797 g/mol. The molecule has 0 spiro atoms. The Bertz CT molecular complexity index is 2300. The zero-order chi connectivity index (χ0) is 39.1. The number of halogens is 1. The van der Waals surface area contributed by atoms with Gasteiger partial charge >= 0.3 is 12.1 Å². The van der Waals surface area contributed by atoms with Crippen LogP contribution in [0.3, 0.4) is 0 Å². The minimum absolute atomic E-state index is 0. The number of fused-ring (bicyclic) bond motifs is 5. The number of pyridine rings is 2. The van der Waals surface area contributed by atoms with Gasteiger partial charge in [0.2, 0.25) is 0 Å². The molecular formula is C43H49ClN6O7. The van der Waals surface area contributed by atoms with Crippen LogP contribution < -0.4 is 15.3 Å². The number of nitrogens with zero attached hydrogens (tertiary/aromatic N) is 6. The number of aromatic nitrogens is 2. The predicted octanol–water partition coefficient (Wildman–Crippen LogP) is 6.31. The number of hydrogen-bond acceptors (Lipinski definition) is 10. The van der Waals surface area contributed by atoms with Crippen LogP contribution in [-0.2, 0) is 39.5 Å². The van der Waals surface area contributed by atoms with Gasteiger partial charge in [0.1, 0.15) is 12.4 Å². The smallest absolute Gasteiger partial charge is 0.415 e. The first-order chi connectivity index (χ1) is 27.1. The molecule has 2 aromatic carbocycles. The number of ether oxygens (including phenoxy) is 2. The highest BCUT2D eigenvalue weighted by Crippen LogP contribution is 2.41. The van der Waals surface area contributed by atoms with Crippen molar-refractivity contribution < 1.29 is 29.0 Å². The van der Waals surface area contributed by atoms with Gasteiger partial charge in [-0.2, -0.15) is 5.10 Å². The van der Waals surface area contributed by atoms with E-state index in [0.29, 0.717) is 66.8 Å². The third-order valence-corrected chi connectivity index (χ3v) is 11.9. The van der Waals surface area contributed by atoms with Crippen molar-refractivity contribution in [3.8, 4) is 17.1 Å². The second-order valence-corrected chi connectivity index (χ2v) is 15.3. The Morgan fingerprint density at radius 3 is 2.37 bits per heavy atom. The number of aliphatic hydroxyl groups is 1. The number of benzene rings is 2. The van der Waals surface area contributed by atoms with Crippen LogP contribution in [-0.4, -0.2) is 80.4 Å². The lowest BCUT2D eigenvalue weighted by atomic mass is 9.86. The van der Waals surface area contributed by atoms with Crippen LogP contribution in [0.2, 0.25) is 0 Å². The molecule has 2 saturated heterocycles. The van der Waals surface area contributed by atoms with E-state index in [4.69, 9.17) is 14.5 Å². The van der Waals surface area contributed by atoms with Crippen LogP contribution in [0.4, 0.5) is 10.5 Å². The number of carbonyl (C=O) groups excluding carboxylic acids is 3. The van der Waals surface area contributed by atoms with E-state index in [1.165, 1.54) is 37.4 Å². The van der Waals surface area contributed by atoms with E-state index in [9.17, 15) is 24.3 Å². The number of carbonyl (C=O) groups is 3. The minimum Gasteiger partial charge on any atom is -0.458 e. The molecule has 9 rings (SSSR count). The maximum atomic E-state index is 13.6. The molecule has 2 aromatic heterocycles. The normalized spacial score (nSPS) is 20.5. The number of anilines is 1. The zero-order valence-electron chi connectivity index (χ0n) is 32.7. The molecule has 0 radical (unpaired) electrons. The van der Waals surface area contributed by atoms with Crippen molar-refractivity contribution in [3.05, 3.63) is 87.2 Å². The number of hydrazone groups is 1. The number of piperidine rings is 2. The van der Waals surface area contributed by atoms with E-state index < -0.39 is 11.6 Å². The maximum Gasteiger partial charge on any atom is 0.415 e. The molecule has 4 aromatic rings. The largest absolute Gasteiger partial charge is 0.458 e. The number of cyclic esters (lactones) is 1. The van der Waals surface area contributed by atoms with E-state index in [1.54, 1.807) is 23.6 Å². The topological polar surface area (TPSA) is 147 Å². The molecule has 13 nitrogen and oxygen atoms in total. The van der Waals surface area contributed by atoms with Crippen LogP contribution in [0.15, 0.2) is 64.5 Å². The summed E-state index contributed by atoms with van der Waals surface area (Å²) in [6, 6.07) is 17.2. The first-order valence-corrected chi connectivity index (χ1v) is 19.8.